The van der Waals surface area contributed by atoms with Gasteiger partial charge in [0.1, 0.15) is 11.8 Å². The Balaban J connectivity index is 2.43. The van der Waals surface area contributed by atoms with Crippen LogP contribution in [-0.4, -0.2) is 24.4 Å². The zero-order valence-corrected chi connectivity index (χ0v) is 10.0. The van der Waals surface area contributed by atoms with Gasteiger partial charge in [0.2, 0.25) is 0 Å². The Labute approximate surface area is 102 Å². The highest BCUT2D eigenvalue weighted by Gasteiger charge is 2.02. The zero-order valence-electron chi connectivity index (χ0n) is 10.0. The van der Waals surface area contributed by atoms with Crippen molar-refractivity contribution >= 4 is 0 Å². The molecule has 0 aromatic heterocycles. The van der Waals surface area contributed by atoms with Gasteiger partial charge >= 0.3 is 0 Å². The number of rotatable bonds is 7. The largest absolute Gasteiger partial charge is 0.478 e. The number of benzene rings is 1. The number of aliphatic hydroxyl groups is 1. The van der Waals surface area contributed by atoms with E-state index in [0.29, 0.717) is 6.54 Å². The molecule has 0 spiro atoms. The van der Waals surface area contributed by atoms with E-state index < -0.39 is 0 Å². The molecular formula is C13H18N2O2. The van der Waals surface area contributed by atoms with Crippen molar-refractivity contribution in [3.63, 3.8) is 0 Å². The van der Waals surface area contributed by atoms with Crippen molar-refractivity contribution in [2.75, 3.05) is 13.2 Å². The molecule has 0 aliphatic heterocycles. The first kappa shape index (κ1) is 13.5. The van der Waals surface area contributed by atoms with Crippen molar-refractivity contribution < 1.29 is 9.84 Å². The molecule has 1 aromatic rings. The second-order valence-corrected chi connectivity index (χ2v) is 3.87. The highest BCUT2D eigenvalue weighted by Crippen LogP contribution is 2.17. The number of hydrogen-bond donors (Lipinski definition) is 2. The van der Waals surface area contributed by atoms with Crippen molar-refractivity contribution in [1.29, 1.82) is 5.26 Å². The highest BCUT2D eigenvalue weighted by molar-refractivity contribution is 5.33. The molecule has 0 amide bonds. The second-order valence-electron chi connectivity index (χ2n) is 3.87. The second kappa shape index (κ2) is 7.66. The van der Waals surface area contributed by atoms with Crippen LogP contribution in [0.25, 0.3) is 0 Å². The number of para-hydroxylation sites is 1. The van der Waals surface area contributed by atoms with Gasteiger partial charge in [0.15, 0.2) is 6.61 Å². The van der Waals surface area contributed by atoms with Crippen molar-refractivity contribution in [3.05, 3.63) is 29.8 Å². The van der Waals surface area contributed by atoms with Gasteiger partial charge in [0.25, 0.3) is 0 Å². The van der Waals surface area contributed by atoms with Gasteiger partial charge in [0, 0.05) is 12.1 Å². The van der Waals surface area contributed by atoms with Crippen LogP contribution in [0.5, 0.6) is 5.75 Å². The molecule has 0 aliphatic rings. The fourth-order valence-electron chi connectivity index (χ4n) is 1.43. The van der Waals surface area contributed by atoms with Gasteiger partial charge < -0.3 is 15.2 Å². The standard InChI is InChI=1S/C13H18N2O2/c1-11(16)6-8-15-10-12-4-2-3-5-13(12)17-9-7-14/h2-5,11,15-16H,6,8-10H2,1H3. The van der Waals surface area contributed by atoms with E-state index in [2.05, 4.69) is 5.32 Å². The first-order valence-corrected chi connectivity index (χ1v) is 5.70. The molecule has 2 N–H and O–H groups in total. The normalized spacial score (nSPS) is 11.8. The van der Waals surface area contributed by atoms with E-state index in [0.717, 1.165) is 24.3 Å². The Bertz CT molecular complexity index is 372. The third-order valence-electron chi connectivity index (χ3n) is 2.32. The monoisotopic (exact) mass is 234 g/mol. The Morgan fingerprint density at radius 2 is 2.24 bits per heavy atom. The van der Waals surface area contributed by atoms with Crippen LogP contribution in [0.2, 0.25) is 0 Å². The van der Waals surface area contributed by atoms with Crippen molar-refractivity contribution in [3.8, 4) is 11.8 Å². The Morgan fingerprint density at radius 1 is 1.47 bits per heavy atom. The minimum atomic E-state index is -0.285. The molecule has 1 atom stereocenters. The maximum atomic E-state index is 9.12. The first-order chi connectivity index (χ1) is 8.24. The third-order valence-corrected chi connectivity index (χ3v) is 2.32. The summed E-state index contributed by atoms with van der Waals surface area (Å²) in [6, 6.07) is 9.58. The van der Waals surface area contributed by atoms with Gasteiger partial charge in [-0.05, 0) is 26.0 Å². The molecule has 0 heterocycles. The van der Waals surface area contributed by atoms with Crippen LogP contribution >= 0.6 is 0 Å². The topological polar surface area (TPSA) is 65.3 Å². The third kappa shape index (κ3) is 5.34. The van der Waals surface area contributed by atoms with Gasteiger partial charge in [-0.25, -0.2) is 0 Å². The number of aliphatic hydroxyl groups excluding tert-OH is 1. The number of nitrogens with zero attached hydrogens (tertiary/aromatic N) is 1. The summed E-state index contributed by atoms with van der Waals surface area (Å²) in [4.78, 5) is 0. The average molecular weight is 234 g/mol. The SMILES string of the molecule is CC(O)CCNCc1ccccc1OCC#N. The Kier molecular flexibility index (Phi) is 6.08. The van der Waals surface area contributed by atoms with Crippen molar-refractivity contribution in [2.24, 2.45) is 0 Å². The molecule has 0 bridgehead atoms. The van der Waals surface area contributed by atoms with Crippen LogP contribution in [0.3, 0.4) is 0 Å². The lowest BCUT2D eigenvalue weighted by atomic mass is 10.2. The van der Waals surface area contributed by atoms with Gasteiger partial charge in [0.05, 0.1) is 6.10 Å². The molecule has 4 heteroatoms. The molecule has 1 aromatic carbocycles. The number of nitrogens with one attached hydrogen (secondary N) is 1. The molecular weight excluding hydrogens is 216 g/mol. The number of nitriles is 1. The molecule has 0 radical (unpaired) electrons. The van der Waals surface area contributed by atoms with Crippen LogP contribution in [0.1, 0.15) is 18.9 Å². The Morgan fingerprint density at radius 3 is 2.94 bits per heavy atom. The summed E-state index contributed by atoms with van der Waals surface area (Å²) in [6.07, 6.45) is 0.439. The average Bonchev–Trinajstić information content (AvgIpc) is 2.33. The minimum Gasteiger partial charge on any atom is -0.478 e. The van der Waals surface area contributed by atoms with Gasteiger partial charge in [-0.2, -0.15) is 5.26 Å². The molecule has 4 nitrogen and oxygen atoms in total. The maximum absolute atomic E-state index is 9.12. The van der Waals surface area contributed by atoms with E-state index in [1.165, 1.54) is 0 Å². The van der Waals surface area contributed by atoms with Crippen molar-refractivity contribution in [2.45, 2.75) is 26.0 Å². The molecule has 0 aliphatic carbocycles. The molecule has 1 unspecified atom stereocenters. The number of hydrogen-bond acceptors (Lipinski definition) is 4. The van der Waals surface area contributed by atoms with Gasteiger partial charge in [-0.1, -0.05) is 18.2 Å². The summed E-state index contributed by atoms with van der Waals surface area (Å²) in [7, 11) is 0. The molecule has 92 valence electrons. The van der Waals surface area contributed by atoms with E-state index in [1.54, 1.807) is 6.92 Å². The van der Waals surface area contributed by atoms with E-state index in [1.807, 2.05) is 30.3 Å². The molecule has 0 fully saturated rings. The quantitative estimate of drug-likeness (QED) is 0.701. The van der Waals surface area contributed by atoms with Crippen LogP contribution in [0.15, 0.2) is 24.3 Å². The number of ether oxygens (including phenoxy) is 1. The molecule has 17 heavy (non-hydrogen) atoms. The van der Waals surface area contributed by atoms with Gasteiger partial charge in [-0.3, -0.25) is 0 Å². The van der Waals surface area contributed by atoms with Crippen molar-refractivity contribution in [1.82, 2.24) is 5.32 Å². The predicted molar refractivity (Wildman–Crippen MR) is 65.6 cm³/mol. The van der Waals surface area contributed by atoms with E-state index >= 15 is 0 Å². The molecule has 1 rings (SSSR count). The minimum absolute atomic E-state index is 0.0602. The smallest absolute Gasteiger partial charge is 0.174 e. The first-order valence-electron chi connectivity index (χ1n) is 5.70. The lowest BCUT2D eigenvalue weighted by Crippen LogP contribution is -2.19. The van der Waals surface area contributed by atoms with Crippen LogP contribution in [-0.2, 0) is 6.54 Å². The predicted octanol–water partition coefficient (Wildman–Crippen LogP) is 1.45. The van der Waals surface area contributed by atoms with Gasteiger partial charge in [-0.15, -0.1) is 0 Å². The summed E-state index contributed by atoms with van der Waals surface area (Å²) >= 11 is 0. The zero-order chi connectivity index (χ0) is 12.5. The lowest BCUT2D eigenvalue weighted by Gasteiger charge is -2.10. The van der Waals surface area contributed by atoms with E-state index in [9.17, 15) is 0 Å². The molecule has 0 saturated heterocycles. The fraction of sp³-hybridized carbons (Fsp3) is 0.462. The van der Waals surface area contributed by atoms with Crippen LogP contribution in [0, 0.1) is 11.3 Å². The van der Waals surface area contributed by atoms with Crippen LogP contribution < -0.4 is 10.1 Å². The summed E-state index contributed by atoms with van der Waals surface area (Å²) in [5, 5.41) is 20.8. The van der Waals surface area contributed by atoms with E-state index in [-0.39, 0.29) is 12.7 Å². The van der Waals surface area contributed by atoms with E-state index in [4.69, 9.17) is 15.1 Å². The summed E-state index contributed by atoms with van der Waals surface area (Å²) in [5.74, 6) is 0.735. The van der Waals surface area contributed by atoms with Crippen LogP contribution in [0.4, 0.5) is 0 Å². The molecule has 0 saturated carbocycles. The fourth-order valence-corrected chi connectivity index (χ4v) is 1.43. The lowest BCUT2D eigenvalue weighted by molar-refractivity contribution is 0.183. The Hall–Kier alpha value is -1.57. The highest BCUT2D eigenvalue weighted by atomic mass is 16.5. The maximum Gasteiger partial charge on any atom is 0.174 e. The summed E-state index contributed by atoms with van der Waals surface area (Å²) < 4.78 is 5.31. The summed E-state index contributed by atoms with van der Waals surface area (Å²) in [6.45, 7) is 3.26. The summed E-state index contributed by atoms with van der Waals surface area (Å²) in [5.41, 5.74) is 1.02.